The van der Waals surface area contributed by atoms with Gasteiger partial charge in [-0.1, -0.05) is 0 Å². The minimum Gasteiger partial charge on any atom is -1.00 e. The second kappa shape index (κ2) is 133. The molecule has 0 aromatic carbocycles. The van der Waals surface area contributed by atoms with Gasteiger partial charge >= 0.3 is 11.6 Å². The third-order valence-electron chi connectivity index (χ3n) is 0. The molecule has 0 fully saturated rings. The summed E-state index contributed by atoms with van der Waals surface area (Å²) in [4.78, 5) is 7.50. The van der Waals surface area contributed by atoms with E-state index in [0.717, 1.165) is 0 Å². The van der Waals surface area contributed by atoms with E-state index in [-0.39, 0.29) is 24.8 Å². The van der Waals surface area contributed by atoms with Gasteiger partial charge < -0.3 is 24.8 Å². The fourth-order valence-electron chi connectivity index (χ4n) is 0. The quantitative estimate of drug-likeness (QED) is 0.295. The Labute approximate surface area is 37.2 Å². The molecule has 1 nitrogen and oxygen atoms in total. The molecule has 3 heteroatoms. The number of rotatable bonds is 0. The van der Waals surface area contributed by atoms with E-state index >= 15 is 0 Å². The van der Waals surface area contributed by atoms with Gasteiger partial charge in [0.2, 0.25) is 0 Å². The predicted octanol–water partition coefficient (Wildman–Crippen LogP) is -6.39. The van der Waals surface area contributed by atoms with E-state index in [1.54, 1.807) is 0 Å². The van der Waals surface area contributed by atoms with Gasteiger partial charge in [0.05, 0.1) is 0 Å². The second-order valence-corrected chi connectivity index (χ2v) is 0. The van der Waals surface area contributed by atoms with E-state index in [1.807, 2.05) is 0 Å². The summed E-state index contributed by atoms with van der Waals surface area (Å²) >= 11 is 0. The van der Waals surface area contributed by atoms with Gasteiger partial charge in [-0.05, 0) is 0 Å². The molecule has 0 rings (SSSR count). The molecule has 0 saturated heterocycles. The van der Waals surface area contributed by atoms with Crippen molar-refractivity contribution >= 4 is 6.79 Å². The van der Waals surface area contributed by atoms with Crippen LogP contribution in [0.1, 0.15) is 0 Å². The first-order valence-electron chi connectivity index (χ1n) is 0.204. The van der Waals surface area contributed by atoms with Crippen molar-refractivity contribution in [2.75, 3.05) is 0 Å². The number of hydrogen-bond acceptors (Lipinski definition) is 1. The maximum atomic E-state index is 7.50. The average molecular weight is 98.9 g/mol. The zero-order valence-electron chi connectivity index (χ0n) is 1.66. The van der Waals surface area contributed by atoms with Crippen molar-refractivity contribution in [1.82, 2.24) is 0 Å². The van der Waals surface area contributed by atoms with Crippen LogP contribution in [-0.2, 0) is 4.79 Å². The Morgan fingerprint density at radius 3 is 1.00 bits per heavy atom. The third-order valence-corrected chi connectivity index (χ3v) is 0. The van der Waals surface area contributed by atoms with Crippen molar-refractivity contribution in [3.05, 3.63) is 0 Å². The summed E-state index contributed by atoms with van der Waals surface area (Å²) < 4.78 is 0. The summed E-state index contributed by atoms with van der Waals surface area (Å²) in [6.07, 6.45) is 0. The molecule has 0 radical (unpaired) electrons. The normalized spacial score (nSPS) is 1.50. The molecule has 0 aliphatic rings. The first-order valence-corrected chi connectivity index (χ1v) is 0.204. The predicted molar refractivity (Wildman–Crippen MR) is 5.69 cm³/mol. The molecule has 0 saturated carbocycles. The molecule has 0 aromatic heterocycles. The number of halogens is 2. The van der Waals surface area contributed by atoms with Crippen LogP contribution in [-0.4, -0.2) is 6.79 Å². The van der Waals surface area contributed by atoms with Gasteiger partial charge in [0.1, 0.15) is 0 Å². The van der Waals surface area contributed by atoms with Crippen LogP contribution in [0, 0.1) is 0 Å². The van der Waals surface area contributed by atoms with Gasteiger partial charge in [-0.25, -0.2) is 0 Å². The summed E-state index contributed by atoms with van der Waals surface area (Å²) in [5.74, 6) is 0. The standard InChI is InChI=1S/CO.2ClH/c1-2;;/h;2*1H/q+2;;/p-2. The summed E-state index contributed by atoms with van der Waals surface area (Å²) in [6.45, 7) is 4.50. The van der Waals surface area contributed by atoms with Crippen LogP contribution in [0.2, 0.25) is 0 Å². The van der Waals surface area contributed by atoms with Crippen LogP contribution in [0.4, 0.5) is 0 Å². The first-order chi connectivity index (χ1) is 1.00. The smallest absolute Gasteiger partial charge is 1.00 e. The Bertz CT molecular complexity index is 6.00. The van der Waals surface area contributed by atoms with Crippen molar-refractivity contribution in [2.45, 2.75) is 0 Å². The first kappa shape index (κ1) is 26.3. The van der Waals surface area contributed by atoms with Crippen molar-refractivity contribution in [1.29, 1.82) is 0 Å². The molecule has 4 heavy (non-hydrogen) atoms. The molecule has 0 heterocycles. The number of carbonyl (C=O) groups excluding carboxylic acids is 1. The molecule has 0 atom stereocenters. The van der Waals surface area contributed by atoms with Gasteiger partial charge in [-0.3, -0.25) is 0 Å². The Morgan fingerprint density at radius 1 is 1.00 bits per heavy atom. The third kappa shape index (κ3) is 31.4. The zero-order chi connectivity index (χ0) is 2.00. The van der Waals surface area contributed by atoms with Crippen molar-refractivity contribution in [2.24, 2.45) is 0 Å². The fraction of sp³-hybridized carbons (Fsp3) is 0. The monoisotopic (exact) mass is 97.9 g/mol. The Hall–Kier alpha value is 0.380. The van der Waals surface area contributed by atoms with Gasteiger partial charge in [0.15, 0.2) is 0 Å². The summed E-state index contributed by atoms with van der Waals surface area (Å²) in [7, 11) is 0. The van der Waals surface area contributed by atoms with Crippen LogP contribution >= 0.6 is 0 Å². The van der Waals surface area contributed by atoms with Gasteiger partial charge in [-0.15, -0.1) is 0 Å². The largest absolute Gasteiger partial charge is 1.00 e. The maximum absolute atomic E-state index is 7.50. The molecular formula is CCl2O. The van der Waals surface area contributed by atoms with Gasteiger partial charge in [-0.2, -0.15) is 0 Å². The SMILES string of the molecule is [C+2]=O.[Cl-].[Cl-]. The van der Waals surface area contributed by atoms with Gasteiger partial charge in [0.25, 0.3) is 0 Å². The molecule has 0 N–H and O–H groups in total. The Morgan fingerprint density at radius 2 is 1.00 bits per heavy atom. The van der Waals surface area contributed by atoms with E-state index in [2.05, 4.69) is 6.79 Å². The topological polar surface area (TPSA) is 17.1 Å². The molecule has 0 spiro atoms. The molecule has 0 aliphatic heterocycles. The minimum atomic E-state index is 0. The molecule has 0 bridgehead atoms. The van der Waals surface area contributed by atoms with E-state index < -0.39 is 0 Å². The molecule has 24 valence electrons. The summed E-state index contributed by atoms with van der Waals surface area (Å²) in [6, 6.07) is 0. The van der Waals surface area contributed by atoms with Crippen LogP contribution in [0.5, 0.6) is 0 Å². The van der Waals surface area contributed by atoms with Gasteiger partial charge in [0, 0.05) is 0 Å². The van der Waals surface area contributed by atoms with Crippen molar-refractivity contribution in [3.63, 3.8) is 0 Å². The molecule has 0 aliphatic carbocycles. The fourth-order valence-corrected chi connectivity index (χ4v) is 0. The average Bonchev–Trinajstić information content (AvgIpc) is 1.00. The van der Waals surface area contributed by atoms with Crippen molar-refractivity contribution < 1.29 is 29.6 Å². The van der Waals surface area contributed by atoms with Crippen LogP contribution in [0.3, 0.4) is 0 Å². The molecule has 0 amide bonds. The van der Waals surface area contributed by atoms with E-state index in [4.69, 9.17) is 4.79 Å². The van der Waals surface area contributed by atoms with E-state index in [0.29, 0.717) is 0 Å². The van der Waals surface area contributed by atoms with Crippen LogP contribution in [0.25, 0.3) is 0 Å². The maximum Gasteiger partial charge on any atom is -1.00 e. The molecular weight excluding hydrogens is 98.9 g/mol. The zero-order valence-corrected chi connectivity index (χ0v) is 3.18. The van der Waals surface area contributed by atoms with Crippen molar-refractivity contribution in [3.8, 4) is 0 Å². The van der Waals surface area contributed by atoms with E-state index in [9.17, 15) is 0 Å². The van der Waals surface area contributed by atoms with Crippen LogP contribution in [0.15, 0.2) is 0 Å². The summed E-state index contributed by atoms with van der Waals surface area (Å²) in [5.41, 5.74) is 0. The Balaban J connectivity index is -0.00000000500. The second-order valence-electron chi connectivity index (χ2n) is 0. The number of hydrogen-bond donors (Lipinski definition) is 0. The minimum absolute atomic E-state index is 0. The van der Waals surface area contributed by atoms with Crippen LogP contribution < -0.4 is 24.8 Å². The summed E-state index contributed by atoms with van der Waals surface area (Å²) in [5, 5.41) is 0. The van der Waals surface area contributed by atoms with E-state index in [1.165, 1.54) is 0 Å². The molecule has 0 aromatic rings. The molecule has 0 unspecified atom stereocenters. The Kier molecular flexibility index (Phi) is 871.